The number of methoxy groups -OCH3 is 1. The molecule has 0 aliphatic carbocycles. The van der Waals surface area contributed by atoms with Crippen molar-refractivity contribution in [3.05, 3.63) is 54.1 Å². The lowest BCUT2D eigenvalue weighted by atomic mass is 10.1. The van der Waals surface area contributed by atoms with Gasteiger partial charge in [0.2, 0.25) is 15.9 Å². The van der Waals surface area contributed by atoms with Crippen LogP contribution in [-0.2, 0) is 21.2 Å². The Hall–Kier alpha value is -2.38. The third kappa shape index (κ3) is 5.57. The maximum atomic E-state index is 12.2. The fourth-order valence-corrected chi connectivity index (χ4v) is 3.59. The van der Waals surface area contributed by atoms with Crippen molar-refractivity contribution < 1.29 is 17.9 Å². The summed E-state index contributed by atoms with van der Waals surface area (Å²) in [7, 11) is -1.96. The van der Waals surface area contributed by atoms with Crippen LogP contribution in [0.5, 0.6) is 5.75 Å². The second-order valence-electron chi connectivity index (χ2n) is 6.03. The number of ether oxygens (including phenoxy) is 1. The lowest BCUT2D eigenvalue weighted by molar-refractivity contribution is -0.115. The van der Waals surface area contributed by atoms with Gasteiger partial charge in [-0.15, -0.1) is 0 Å². The van der Waals surface area contributed by atoms with E-state index in [4.69, 9.17) is 4.74 Å². The highest BCUT2D eigenvalue weighted by molar-refractivity contribution is 7.89. The molecule has 0 spiro atoms. The molecule has 2 N–H and O–H groups in total. The van der Waals surface area contributed by atoms with E-state index in [0.717, 1.165) is 11.3 Å². The van der Waals surface area contributed by atoms with Crippen LogP contribution in [0.1, 0.15) is 25.8 Å². The first-order valence-corrected chi connectivity index (χ1v) is 9.87. The van der Waals surface area contributed by atoms with E-state index in [9.17, 15) is 13.2 Å². The molecule has 0 bridgehead atoms. The largest absolute Gasteiger partial charge is 0.497 e. The summed E-state index contributed by atoms with van der Waals surface area (Å²) in [6.45, 7) is 3.72. The summed E-state index contributed by atoms with van der Waals surface area (Å²) in [5, 5.41) is 2.76. The fraction of sp³-hybridized carbons (Fsp3) is 0.316. The average Bonchev–Trinajstić information content (AvgIpc) is 2.62. The van der Waals surface area contributed by atoms with Crippen LogP contribution in [0.4, 0.5) is 5.69 Å². The molecule has 0 saturated carbocycles. The number of rotatable bonds is 8. The van der Waals surface area contributed by atoms with Gasteiger partial charge < -0.3 is 10.1 Å². The number of hydrogen-bond donors (Lipinski definition) is 2. The number of anilines is 1. The SMILES string of the molecule is CC[C@@H](C)NS(=O)(=O)c1ccc(NC(=O)Cc2ccc(OC)cc2)cc1. The summed E-state index contributed by atoms with van der Waals surface area (Å²) in [5.41, 5.74) is 1.41. The number of carbonyl (C=O) groups excluding carboxylic acids is 1. The molecule has 7 heteroatoms. The van der Waals surface area contributed by atoms with E-state index < -0.39 is 10.0 Å². The quantitative estimate of drug-likeness (QED) is 0.742. The zero-order valence-electron chi connectivity index (χ0n) is 15.2. The van der Waals surface area contributed by atoms with Gasteiger partial charge >= 0.3 is 0 Å². The summed E-state index contributed by atoms with van der Waals surface area (Å²) < 4.78 is 32.1. The first-order chi connectivity index (χ1) is 12.3. The zero-order chi connectivity index (χ0) is 19.2. The van der Waals surface area contributed by atoms with Crippen LogP contribution < -0.4 is 14.8 Å². The molecule has 2 aromatic carbocycles. The molecular formula is C19H24N2O4S. The van der Waals surface area contributed by atoms with Crippen LogP contribution in [0.15, 0.2) is 53.4 Å². The minimum Gasteiger partial charge on any atom is -0.497 e. The highest BCUT2D eigenvalue weighted by Gasteiger charge is 2.16. The van der Waals surface area contributed by atoms with Crippen LogP contribution in [-0.4, -0.2) is 27.5 Å². The standard InChI is InChI=1S/C19H24N2O4S/c1-4-14(2)21-26(23,24)18-11-7-16(8-12-18)20-19(22)13-15-5-9-17(25-3)10-6-15/h5-12,14,21H,4,13H2,1-3H3,(H,20,22)/t14-/m1/s1. The summed E-state index contributed by atoms with van der Waals surface area (Å²) in [6, 6.07) is 13.2. The Morgan fingerprint density at radius 1 is 1.08 bits per heavy atom. The van der Waals surface area contributed by atoms with E-state index in [0.29, 0.717) is 12.1 Å². The molecule has 0 heterocycles. The molecule has 140 valence electrons. The molecule has 0 radical (unpaired) electrons. The second kappa shape index (κ2) is 8.82. The van der Waals surface area contributed by atoms with Crippen molar-refractivity contribution in [3.8, 4) is 5.75 Å². The van der Waals surface area contributed by atoms with Crippen LogP contribution in [0.25, 0.3) is 0 Å². The van der Waals surface area contributed by atoms with Gasteiger partial charge in [0, 0.05) is 11.7 Å². The first kappa shape index (κ1) is 19.9. The molecule has 0 aliphatic heterocycles. The van der Waals surface area contributed by atoms with Gasteiger partial charge in [0.25, 0.3) is 0 Å². The fourth-order valence-electron chi connectivity index (χ4n) is 2.27. The van der Waals surface area contributed by atoms with Crippen LogP contribution in [0, 0.1) is 0 Å². The molecule has 2 aromatic rings. The number of sulfonamides is 1. The van der Waals surface area contributed by atoms with E-state index in [2.05, 4.69) is 10.0 Å². The smallest absolute Gasteiger partial charge is 0.240 e. The van der Waals surface area contributed by atoms with Crippen molar-refractivity contribution in [1.29, 1.82) is 0 Å². The van der Waals surface area contributed by atoms with Crippen molar-refractivity contribution in [3.63, 3.8) is 0 Å². The highest BCUT2D eigenvalue weighted by atomic mass is 32.2. The first-order valence-electron chi connectivity index (χ1n) is 8.39. The zero-order valence-corrected chi connectivity index (χ0v) is 16.0. The summed E-state index contributed by atoms with van der Waals surface area (Å²) in [6.07, 6.45) is 0.929. The number of hydrogen-bond acceptors (Lipinski definition) is 4. The maximum absolute atomic E-state index is 12.2. The average molecular weight is 376 g/mol. The topological polar surface area (TPSA) is 84.5 Å². The van der Waals surface area contributed by atoms with Gasteiger partial charge in [-0.05, 0) is 55.3 Å². The maximum Gasteiger partial charge on any atom is 0.240 e. The number of benzene rings is 2. The Morgan fingerprint density at radius 2 is 1.69 bits per heavy atom. The number of amides is 1. The predicted molar refractivity (Wildman–Crippen MR) is 102 cm³/mol. The van der Waals surface area contributed by atoms with Gasteiger partial charge in [0.15, 0.2) is 0 Å². The van der Waals surface area contributed by atoms with E-state index in [1.54, 1.807) is 31.4 Å². The Labute approximate surface area is 154 Å². The number of carbonyl (C=O) groups is 1. The van der Waals surface area contributed by atoms with Crippen molar-refractivity contribution in [1.82, 2.24) is 4.72 Å². The van der Waals surface area contributed by atoms with Gasteiger partial charge in [0.05, 0.1) is 18.4 Å². The molecule has 6 nitrogen and oxygen atoms in total. The molecule has 26 heavy (non-hydrogen) atoms. The van der Waals surface area contributed by atoms with Crippen molar-refractivity contribution in [2.75, 3.05) is 12.4 Å². The van der Waals surface area contributed by atoms with E-state index in [1.807, 2.05) is 26.0 Å². The molecule has 1 amide bonds. The summed E-state index contributed by atoms with van der Waals surface area (Å²) in [4.78, 5) is 12.3. The van der Waals surface area contributed by atoms with E-state index in [1.165, 1.54) is 12.1 Å². The molecule has 1 atom stereocenters. The highest BCUT2D eigenvalue weighted by Crippen LogP contribution is 2.16. The van der Waals surface area contributed by atoms with Crippen molar-refractivity contribution in [2.45, 2.75) is 37.6 Å². The molecule has 0 aliphatic rings. The lowest BCUT2D eigenvalue weighted by Crippen LogP contribution is -2.31. The van der Waals surface area contributed by atoms with E-state index >= 15 is 0 Å². The Bertz CT molecular complexity index is 831. The lowest BCUT2D eigenvalue weighted by Gasteiger charge is -2.12. The second-order valence-corrected chi connectivity index (χ2v) is 7.74. The van der Waals surface area contributed by atoms with Crippen LogP contribution in [0.3, 0.4) is 0 Å². The molecule has 0 fully saturated rings. The van der Waals surface area contributed by atoms with Gasteiger partial charge in [-0.25, -0.2) is 13.1 Å². The van der Waals surface area contributed by atoms with Crippen LogP contribution >= 0.6 is 0 Å². The minimum absolute atomic E-state index is 0.135. The van der Waals surface area contributed by atoms with Crippen molar-refractivity contribution in [2.24, 2.45) is 0 Å². The predicted octanol–water partition coefficient (Wildman–Crippen LogP) is 2.95. The van der Waals surface area contributed by atoms with E-state index in [-0.39, 0.29) is 23.3 Å². The molecule has 2 rings (SSSR count). The Morgan fingerprint density at radius 3 is 2.23 bits per heavy atom. The van der Waals surface area contributed by atoms with Gasteiger partial charge in [-0.3, -0.25) is 4.79 Å². The third-order valence-corrected chi connectivity index (χ3v) is 5.55. The van der Waals surface area contributed by atoms with Gasteiger partial charge in [-0.2, -0.15) is 0 Å². The Balaban J connectivity index is 1.98. The molecule has 0 unspecified atom stereocenters. The number of nitrogens with one attached hydrogen (secondary N) is 2. The summed E-state index contributed by atoms with van der Waals surface area (Å²) >= 11 is 0. The van der Waals surface area contributed by atoms with Gasteiger partial charge in [-0.1, -0.05) is 19.1 Å². The minimum atomic E-state index is -3.55. The normalized spacial score (nSPS) is 12.4. The van der Waals surface area contributed by atoms with Crippen LogP contribution in [0.2, 0.25) is 0 Å². The van der Waals surface area contributed by atoms with Gasteiger partial charge in [0.1, 0.15) is 5.75 Å². The molecule has 0 aromatic heterocycles. The molecule has 0 saturated heterocycles. The molecular weight excluding hydrogens is 352 g/mol. The third-order valence-electron chi connectivity index (χ3n) is 3.94. The monoisotopic (exact) mass is 376 g/mol. The summed E-state index contributed by atoms with van der Waals surface area (Å²) in [5.74, 6) is 0.556. The van der Waals surface area contributed by atoms with Crippen molar-refractivity contribution >= 4 is 21.6 Å². The Kier molecular flexibility index (Phi) is 6.76.